The Morgan fingerprint density at radius 1 is 0.848 bits per heavy atom. The van der Waals surface area contributed by atoms with Gasteiger partial charge in [-0.3, -0.25) is 9.52 Å². The van der Waals surface area contributed by atoms with E-state index in [0.29, 0.717) is 30.2 Å². The van der Waals surface area contributed by atoms with E-state index in [1.807, 2.05) is 54.6 Å². The average molecular weight is 479 g/mol. The van der Waals surface area contributed by atoms with Crippen LogP contribution in [0.4, 0.5) is 5.69 Å². The quantitative estimate of drug-likeness (QED) is 0.352. The van der Waals surface area contributed by atoms with Crippen LogP contribution in [0.1, 0.15) is 21.5 Å². The van der Waals surface area contributed by atoms with E-state index in [2.05, 4.69) is 10.0 Å². The van der Waals surface area contributed by atoms with Crippen molar-refractivity contribution < 1.29 is 17.9 Å². The number of carbonyl (C=O) groups is 1. The minimum atomic E-state index is -3.63. The fourth-order valence-corrected chi connectivity index (χ4v) is 5.17. The summed E-state index contributed by atoms with van der Waals surface area (Å²) < 4.78 is 33.3. The monoisotopic (exact) mass is 478 g/mol. The van der Waals surface area contributed by atoms with Crippen LogP contribution in [0.25, 0.3) is 0 Å². The summed E-state index contributed by atoms with van der Waals surface area (Å²) in [6.07, 6.45) is 0. The zero-order chi connectivity index (χ0) is 23.1. The molecule has 1 amide bonds. The van der Waals surface area contributed by atoms with Gasteiger partial charge in [-0.05, 0) is 47.3 Å². The summed E-state index contributed by atoms with van der Waals surface area (Å²) in [5.41, 5.74) is 2.74. The molecule has 168 valence electrons. The van der Waals surface area contributed by atoms with Crippen LogP contribution in [-0.2, 0) is 23.2 Å². The molecule has 0 atom stereocenters. The highest BCUT2D eigenvalue weighted by Gasteiger charge is 2.15. The van der Waals surface area contributed by atoms with E-state index in [-0.39, 0.29) is 10.1 Å². The molecule has 2 N–H and O–H groups in total. The van der Waals surface area contributed by atoms with Crippen LogP contribution in [0.5, 0.6) is 5.75 Å². The van der Waals surface area contributed by atoms with Crippen molar-refractivity contribution in [2.24, 2.45) is 0 Å². The smallest absolute Gasteiger partial charge is 0.271 e. The summed E-state index contributed by atoms with van der Waals surface area (Å²) >= 11 is 1.14. The van der Waals surface area contributed by atoms with Gasteiger partial charge >= 0.3 is 0 Å². The number of hydrogen-bond donors (Lipinski definition) is 2. The Kier molecular flexibility index (Phi) is 7.07. The number of anilines is 1. The van der Waals surface area contributed by atoms with Crippen molar-refractivity contribution in [1.82, 2.24) is 5.32 Å². The van der Waals surface area contributed by atoms with E-state index >= 15 is 0 Å². The Bertz CT molecular complexity index is 1300. The lowest BCUT2D eigenvalue weighted by Gasteiger charge is -2.13. The topological polar surface area (TPSA) is 84.5 Å². The minimum Gasteiger partial charge on any atom is -0.489 e. The number of thiophene rings is 1. The number of hydrogen-bond acceptors (Lipinski definition) is 5. The van der Waals surface area contributed by atoms with Gasteiger partial charge in [-0.15, -0.1) is 11.3 Å². The fraction of sp³-hybridized carbons (Fsp3) is 0.0800. The van der Waals surface area contributed by atoms with Gasteiger partial charge in [0.2, 0.25) is 0 Å². The highest BCUT2D eigenvalue weighted by Crippen LogP contribution is 2.21. The summed E-state index contributed by atoms with van der Waals surface area (Å²) in [6.45, 7) is 0.741. The third-order valence-electron chi connectivity index (χ3n) is 4.81. The molecular weight excluding hydrogens is 456 g/mol. The first-order valence-electron chi connectivity index (χ1n) is 10.2. The number of amides is 1. The number of sulfonamides is 1. The summed E-state index contributed by atoms with van der Waals surface area (Å²) in [4.78, 5) is 12.6. The second kappa shape index (κ2) is 10.3. The van der Waals surface area contributed by atoms with Crippen LogP contribution < -0.4 is 14.8 Å². The van der Waals surface area contributed by atoms with Crippen molar-refractivity contribution in [3.05, 3.63) is 113 Å². The van der Waals surface area contributed by atoms with E-state index in [0.717, 1.165) is 22.5 Å². The lowest BCUT2D eigenvalue weighted by molar-refractivity contribution is 0.0950. The second-order valence-electron chi connectivity index (χ2n) is 7.18. The van der Waals surface area contributed by atoms with Gasteiger partial charge < -0.3 is 10.1 Å². The van der Waals surface area contributed by atoms with Crippen molar-refractivity contribution in [2.45, 2.75) is 17.4 Å². The molecule has 0 saturated heterocycles. The highest BCUT2D eigenvalue weighted by molar-refractivity contribution is 7.94. The normalized spacial score (nSPS) is 11.0. The van der Waals surface area contributed by atoms with Crippen LogP contribution >= 0.6 is 11.3 Å². The van der Waals surface area contributed by atoms with Gasteiger partial charge in [-0.25, -0.2) is 8.42 Å². The average Bonchev–Trinajstić information content (AvgIpc) is 3.39. The van der Waals surface area contributed by atoms with Crippen molar-refractivity contribution >= 4 is 33.0 Å². The molecule has 4 aromatic rings. The summed E-state index contributed by atoms with van der Waals surface area (Å²) in [5, 5.41) is 4.59. The largest absolute Gasteiger partial charge is 0.489 e. The van der Waals surface area contributed by atoms with Gasteiger partial charge in [-0.2, -0.15) is 0 Å². The minimum absolute atomic E-state index is 0.234. The predicted molar refractivity (Wildman–Crippen MR) is 130 cm³/mol. The predicted octanol–water partition coefficient (Wildman–Crippen LogP) is 5.06. The van der Waals surface area contributed by atoms with Crippen LogP contribution in [0.2, 0.25) is 0 Å². The van der Waals surface area contributed by atoms with Gasteiger partial charge in [0.1, 0.15) is 16.6 Å². The van der Waals surface area contributed by atoms with Crippen LogP contribution in [0.3, 0.4) is 0 Å². The molecule has 33 heavy (non-hydrogen) atoms. The molecule has 0 aliphatic heterocycles. The van der Waals surface area contributed by atoms with E-state index in [9.17, 15) is 13.2 Å². The molecule has 0 aliphatic carbocycles. The Hall–Kier alpha value is -3.62. The van der Waals surface area contributed by atoms with E-state index < -0.39 is 10.0 Å². The maximum atomic E-state index is 12.6. The number of benzene rings is 3. The van der Waals surface area contributed by atoms with Gasteiger partial charge in [-0.1, -0.05) is 54.6 Å². The van der Waals surface area contributed by atoms with Crippen LogP contribution in [0.15, 0.2) is 101 Å². The molecule has 0 aliphatic rings. The Labute approximate surface area is 196 Å². The fourth-order valence-electron chi connectivity index (χ4n) is 3.12. The van der Waals surface area contributed by atoms with Crippen molar-refractivity contribution in [3.63, 3.8) is 0 Å². The SMILES string of the molecule is O=C(NCc1ccccc1OCc1ccccc1)c1ccc(NS(=O)(=O)c2cccs2)cc1. The maximum Gasteiger partial charge on any atom is 0.271 e. The second-order valence-corrected chi connectivity index (χ2v) is 10.0. The molecule has 8 heteroatoms. The standard InChI is InChI=1S/C25H22N2O4S2/c28-25(20-12-14-22(15-13-20)27-33(29,30)24-11-6-16-32-24)26-17-21-9-4-5-10-23(21)31-18-19-7-2-1-3-8-19/h1-16,27H,17-18H2,(H,26,28). The summed E-state index contributed by atoms with van der Waals surface area (Å²) in [7, 11) is -3.63. The van der Waals surface area contributed by atoms with Gasteiger partial charge in [0.25, 0.3) is 15.9 Å². The molecule has 0 radical (unpaired) electrons. The zero-order valence-corrected chi connectivity index (χ0v) is 19.2. The first-order chi connectivity index (χ1) is 16.0. The third-order valence-corrected chi connectivity index (χ3v) is 7.59. The van der Waals surface area contributed by atoms with Crippen molar-refractivity contribution in [3.8, 4) is 5.75 Å². The molecule has 0 fully saturated rings. The molecule has 6 nitrogen and oxygen atoms in total. The first-order valence-corrected chi connectivity index (χ1v) is 12.6. The van der Waals surface area contributed by atoms with Crippen molar-refractivity contribution in [2.75, 3.05) is 4.72 Å². The highest BCUT2D eigenvalue weighted by atomic mass is 32.2. The first kappa shape index (κ1) is 22.6. The molecule has 0 spiro atoms. The molecule has 1 heterocycles. The molecule has 1 aromatic heterocycles. The van der Waals surface area contributed by atoms with Crippen LogP contribution in [-0.4, -0.2) is 14.3 Å². The maximum absolute atomic E-state index is 12.6. The molecule has 4 rings (SSSR count). The number of ether oxygens (including phenoxy) is 1. The summed E-state index contributed by atoms with van der Waals surface area (Å²) in [6, 6.07) is 26.9. The molecule has 0 saturated carbocycles. The molecule has 3 aromatic carbocycles. The van der Waals surface area contributed by atoms with Crippen molar-refractivity contribution in [1.29, 1.82) is 0 Å². The molecule has 0 unspecified atom stereocenters. The summed E-state index contributed by atoms with van der Waals surface area (Å²) in [5.74, 6) is 0.445. The van der Waals surface area contributed by atoms with E-state index in [1.54, 1.807) is 35.7 Å². The Morgan fingerprint density at radius 2 is 1.58 bits per heavy atom. The van der Waals surface area contributed by atoms with E-state index in [4.69, 9.17) is 4.74 Å². The van der Waals surface area contributed by atoms with E-state index in [1.165, 1.54) is 6.07 Å². The Morgan fingerprint density at radius 3 is 2.30 bits per heavy atom. The number of rotatable bonds is 9. The zero-order valence-electron chi connectivity index (χ0n) is 17.6. The van der Waals surface area contributed by atoms with Gasteiger partial charge in [0, 0.05) is 23.4 Å². The lowest BCUT2D eigenvalue weighted by Crippen LogP contribution is -2.23. The molecular formula is C25H22N2O4S2. The Balaban J connectivity index is 1.35. The van der Waals surface area contributed by atoms with Crippen LogP contribution in [0, 0.1) is 0 Å². The van der Waals surface area contributed by atoms with Gasteiger partial charge in [0.05, 0.1) is 0 Å². The number of para-hydroxylation sites is 1. The lowest BCUT2D eigenvalue weighted by atomic mass is 10.1. The number of carbonyl (C=O) groups excluding carboxylic acids is 1. The van der Waals surface area contributed by atoms with Gasteiger partial charge in [0.15, 0.2) is 0 Å². The third kappa shape index (κ3) is 6.00. The number of nitrogens with one attached hydrogen (secondary N) is 2. The molecule has 0 bridgehead atoms.